The number of halogens is 1. The van der Waals surface area contributed by atoms with Gasteiger partial charge in [0.1, 0.15) is 5.76 Å². The first-order chi connectivity index (χ1) is 7.27. The lowest BCUT2D eigenvalue weighted by molar-refractivity contribution is 0.490. The van der Waals surface area contributed by atoms with Crippen LogP contribution in [-0.2, 0) is 0 Å². The molecule has 3 heteroatoms. The Kier molecular flexibility index (Phi) is 2.97. The minimum absolute atomic E-state index is 0.111. The van der Waals surface area contributed by atoms with Crippen LogP contribution in [0.15, 0.2) is 47.1 Å². The van der Waals surface area contributed by atoms with Gasteiger partial charge < -0.3 is 9.73 Å². The predicted octanol–water partition coefficient (Wildman–Crippen LogP) is 4.11. The number of anilines is 1. The smallest absolute Gasteiger partial charge is 0.125 e. The van der Waals surface area contributed by atoms with Crippen molar-refractivity contribution in [1.82, 2.24) is 0 Å². The molecule has 1 heterocycles. The zero-order chi connectivity index (χ0) is 10.7. The van der Waals surface area contributed by atoms with E-state index in [9.17, 15) is 0 Å². The first kappa shape index (κ1) is 10.1. The summed E-state index contributed by atoms with van der Waals surface area (Å²) in [7, 11) is 0. The van der Waals surface area contributed by atoms with Crippen molar-refractivity contribution >= 4 is 17.3 Å². The number of furan rings is 1. The lowest BCUT2D eigenvalue weighted by Crippen LogP contribution is -2.05. The van der Waals surface area contributed by atoms with Crippen molar-refractivity contribution in [2.45, 2.75) is 13.0 Å². The summed E-state index contributed by atoms with van der Waals surface area (Å²) in [4.78, 5) is 0. The molecule has 1 N–H and O–H groups in total. The molecule has 1 unspecified atom stereocenters. The Labute approximate surface area is 93.9 Å². The number of nitrogens with one attached hydrogen (secondary N) is 1. The van der Waals surface area contributed by atoms with Crippen molar-refractivity contribution in [3.8, 4) is 0 Å². The van der Waals surface area contributed by atoms with Crippen molar-refractivity contribution in [3.63, 3.8) is 0 Å². The van der Waals surface area contributed by atoms with E-state index in [1.54, 1.807) is 6.26 Å². The van der Waals surface area contributed by atoms with Gasteiger partial charge in [-0.2, -0.15) is 0 Å². The molecular formula is C12H12ClNO. The summed E-state index contributed by atoms with van der Waals surface area (Å²) in [5, 5.41) is 4.01. The standard InChI is InChI=1S/C12H12ClNO/c1-9(12-7-4-8-15-12)14-11-6-3-2-5-10(11)13/h2-9,14H,1H3. The van der Waals surface area contributed by atoms with E-state index in [0.29, 0.717) is 0 Å². The molecule has 0 aliphatic carbocycles. The van der Waals surface area contributed by atoms with Crippen molar-refractivity contribution in [1.29, 1.82) is 0 Å². The minimum Gasteiger partial charge on any atom is -0.467 e. The fraction of sp³-hybridized carbons (Fsp3) is 0.167. The average molecular weight is 222 g/mol. The summed E-state index contributed by atoms with van der Waals surface area (Å²) in [6, 6.07) is 11.6. The molecule has 0 saturated carbocycles. The van der Waals surface area contributed by atoms with Crippen molar-refractivity contribution < 1.29 is 4.42 Å². The highest BCUT2D eigenvalue weighted by Crippen LogP contribution is 2.25. The van der Waals surface area contributed by atoms with E-state index in [0.717, 1.165) is 16.5 Å². The summed E-state index contributed by atoms with van der Waals surface area (Å²) >= 11 is 6.04. The van der Waals surface area contributed by atoms with E-state index in [1.165, 1.54) is 0 Å². The van der Waals surface area contributed by atoms with Crippen LogP contribution in [0.1, 0.15) is 18.7 Å². The van der Waals surface area contributed by atoms with Gasteiger partial charge in [0.25, 0.3) is 0 Å². The number of hydrogen-bond acceptors (Lipinski definition) is 2. The van der Waals surface area contributed by atoms with Gasteiger partial charge in [-0.25, -0.2) is 0 Å². The van der Waals surface area contributed by atoms with Gasteiger partial charge in [0.2, 0.25) is 0 Å². The van der Waals surface area contributed by atoms with Crippen LogP contribution in [-0.4, -0.2) is 0 Å². The summed E-state index contributed by atoms with van der Waals surface area (Å²) in [6.07, 6.45) is 1.67. The Morgan fingerprint density at radius 3 is 2.67 bits per heavy atom. The minimum atomic E-state index is 0.111. The fourth-order valence-corrected chi connectivity index (χ4v) is 1.61. The number of hydrogen-bond donors (Lipinski definition) is 1. The summed E-state index contributed by atoms with van der Waals surface area (Å²) in [5.74, 6) is 0.898. The van der Waals surface area contributed by atoms with Crippen LogP contribution in [0.4, 0.5) is 5.69 Å². The molecular weight excluding hydrogens is 210 g/mol. The van der Waals surface area contributed by atoms with Crippen LogP contribution in [0.2, 0.25) is 5.02 Å². The molecule has 0 saturated heterocycles. The molecule has 0 amide bonds. The van der Waals surface area contributed by atoms with Gasteiger partial charge in [0.15, 0.2) is 0 Å². The molecule has 78 valence electrons. The first-order valence-corrected chi connectivity index (χ1v) is 5.19. The van der Waals surface area contributed by atoms with Crippen LogP contribution in [0.25, 0.3) is 0 Å². The maximum absolute atomic E-state index is 6.04. The first-order valence-electron chi connectivity index (χ1n) is 4.82. The Morgan fingerprint density at radius 2 is 2.00 bits per heavy atom. The summed E-state index contributed by atoms with van der Waals surface area (Å²) in [6.45, 7) is 2.03. The van der Waals surface area contributed by atoms with Crippen LogP contribution in [0.5, 0.6) is 0 Å². The molecule has 1 aromatic carbocycles. The van der Waals surface area contributed by atoms with E-state index in [1.807, 2.05) is 43.3 Å². The molecule has 1 aromatic heterocycles. The summed E-state index contributed by atoms with van der Waals surface area (Å²) < 4.78 is 5.30. The van der Waals surface area contributed by atoms with Crippen molar-refractivity contribution in [2.75, 3.05) is 5.32 Å². The Morgan fingerprint density at radius 1 is 1.20 bits per heavy atom. The van der Waals surface area contributed by atoms with Crippen molar-refractivity contribution in [3.05, 3.63) is 53.4 Å². The predicted molar refractivity (Wildman–Crippen MR) is 62.2 cm³/mol. The molecule has 1 atom stereocenters. The van der Waals surface area contributed by atoms with Crippen molar-refractivity contribution in [2.24, 2.45) is 0 Å². The third-order valence-corrected chi connectivity index (χ3v) is 2.55. The van der Waals surface area contributed by atoms with Gasteiger partial charge in [0.05, 0.1) is 23.0 Å². The van der Waals surface area contributed by atoms with Crippen LogP contribution in [0, 0.1) is 0 Å². The second kappa shape index (κ2) is 4.41. The second-order valence-electron chi connectivity index (χ2n) is 3.36. The Balaban J connectivity index is 2.13. The quantitative estimate of drug-likeness (QED) is 0.844. The molecule has 0 fully saturated rings. The molecule has 0 aliphatic rings. The zero-order valence-corrected chi connectivity index (χ0v) is 9.16. The SMILES string of the molecule is CC(Nc1ccccc1Cl)c1ccco1. The lowest BCUT2D eigenvalue weighted by Gasteiger charge is -2.13. The zero-order valence-electron chi connectivity index (χ0n) is 8.41. The highest BCUT2D eigenvalue weighted by atomic mass is 35.5. The molecule has 2 rings (SSSR count). The Hall–Kier alpha value is -1.41. The van der Waals surface area contributed by atoms with Gasteiger partial charge >= 0.3 is 0 Å². The van der Waals surface area contributed by atoms with Crippen LogP contribution < -0.4 is 5.32 Å². The number of rotatable bonds is 3. The molecule has 2 nitrogen and oxygen atoms in total. The number of benzene rings is 1. The highest BCUT2D eigenvalue weighted by molar-refractivity contribution is 6.33. The monoisotopic (exact) mass is 221 g/mol. The highest BCUT2D eigenvalue weighted by Gasteiger charge is 2.08. The Bertz CT molecular complexity index is 425. The van der Waals surface area contributed by atoms with Crippen LogP contribution >= 0.6 is 11.6 Å². The second-order valence-corrected chi connectivity index (χ2v) is 3.77. The molecule has 2 aromatic rings. The van der Waals surface area contributed by atoms with E-state index >= 15 is 0 Å². The van der Waals surface area contributed by atoms with Gasteiger partial charge in [-0.3, -0.25) is 0 Å². The van der Waals surface area contributed by atoms with E-state index in [-0.39, 0.29) is 6.04 Å². The van der Waals surface area contributed by atoms with E-state index < -0.39 is 0 Å². The summed E-state index contributed by atoms with van der Waals surface area (Å²) in [5.41, 5.74) is 0.920. The van der Waals surface area contributed by atoms with Crippen LogP contribution in [0.3, 0.4) is 0 Å². The number of para-hydroxylation sites is 1. The maximum atomic E-state index is 6.04. The lowest BCUT2D eigenvalue weighted by atomic mass is 10.2. The molecule has 15 heavy (non-hydrogen) atoms. The third kappa shape index (κ3) is 2.34. The maximum Gasteiger partial charge on any atom is 0.125 e. The average Bonchev–Trinajstić information content (AvgIpc) is 2.74. The normalized spacial score (nSPS) is 12.4. The van der Waals surface area contributed by atoms with Gasteiger partial charge in [-0.05, 0) is 31.2 Å². The van der Waals surface area contributed by atoms with Gasteiger partial charge in [-0.15, -0.1) is 0 Å². The van der Waals surface area contributed by atoms with E-state index in [4.69, 9.17) is 16.0 Å². The molecule has 0 spiro atoms. The van der Waals surface area contributed by atoms with E-state index in [2.05, 4.69) is 5.32 Å². The molecule has 0 bridgehead atoms. The fourth-order valence-electron chi connectivity index (χ4n) is 1.42. The molecule has 0 radical (unpaired) electrons. The molecule has 0 aliphatic heterocycles. The van der Waals surface area contributed by atoms with Gasteiger partial charge in [-0.1, -0.05) is 23.7 Å². The third-order valence-electron chi connectivity index (χ3n) is 2.22. The topological polar surface area (TPSA) is 25.2 Å². The largest absolute Gasteiger partial charge is 0.467 e. The van der Waals surface area contributed by atoms with Gasteiger partial charge in [0, 0.05) is 0 Å².